The fraction of sp³-hybridized carbons (Fsp3) is 0.840. The molecule has 0 aliphatic carbocycles. The zero-order valence-corrected chi connectivity index (χ0v) is 23.9. The molecule has 3 atom stereocenters. The van der Waals surface area contributed by atoms with Crippen LogP contribution in [0.5, 0.6) is 0 Å². The second-order valence-electron chi connectivity index (χ2n) is 12.2. The van der Waals surface area contributed by atoms with Crippen LogP contribution in [0.15, 0.2) is 15.8 Å². The van der Waals surface area contributed by atoms with E-state index in [2.05, 4.69) is 39.6 Å². The van der Waals surface area contributed by atoms with Gasteiger partial charge in [0.05, 0.1) is 12.7 Å². The molecule has 0 aromatic carbocycles. The van der Waals surface area contributed by atoms with Crippen molar-refractivity contribution >= 4 is 16.6 Å². The van der Waals surface area contributed by atoms with Crippen molar-refractivity contribution in [2.24, 2.45) is 0 Å². The Morgan fingerprint density at radius 1 is 1.12 bits per heavy atom. The number of hydrogen-bond acceptors (Lipinski definition) is 5. The van der Waals surface area contributed by atoms with Gasteiger partial charge in [-0.1, -0.05) is 60.3 Å². The third-order valence-corrected chi connectivity index (χ3v) is 19.9. The average molecular weight is 509 g/mol. The summed E-state index contributed by atoms with van der Waals surface area (Å²) in [6, 6.07) is 4.83. The first-order valence-electron chi connectivity index (χ1n) is 13.3. The molecule has 1 aromatic rings. The van der Waals surface area contributed by atoms with Crippen LogP contribution in [-0.2, 0) is 13.6 Å². The van der Waals surface area contributed by atoms with Crippen molar-refractivity contribution in [3.8, 4) is 0 Å². The van der Waals surface area contributed by atoms with Crippen LogP contribution < -0.4 is 11.2 Å². The third kappa shape index (κ3) is 4.96. The molecular formula is C25H44N2O5Si2. The number of aromatic nitrogens is 2. The minimum atomic E-state index is -1.88. The normalized spacial score (nSPS) is 28.7. The highest BCUT2D eigenvalue weighted by Gasteiger charge is 2.51. The van der Waals surface area contributed by atoms with Gasteiger partial charge in [-0.25, -0.2) is 4.79 Å². The van der Waals surface area contributed by atoms with E-state index in [4.69, 9.17) is 13.6 Å². The summed E-state index contributed by atoms with van der Waals surface area (Å²) in [5.41, 5.74) is 0.297. The van der Waals surface area contributed by atoms with Gasteiger partial charge in [-0.3, -0.25) is 14.3 Å². The van der Waals surface area contributed by atoms with Crippen molar-refractivity contribution in [1.82, 2.24) is 9.55 Å². The van der Waals surface area contributed by atoms with Gasteiger partial charge >= 0.3 is 5.69 Å². The van der Waals surface area contributed by atoms with Crippen molar-refractivity contribution in [3.05, 3.63) is 32.6 Å². The number of aryl methyl sites for hydroxylation is 1. The third-order valence-electron chi connectivity index (χ3n) is 8.83. The largest absolute Gasteiger partial charge is 0.414 e. The second-order valence-corrected chi connectivity index (χ2v) is 21.5. The summed E-state index contributed by atoms with van der Waals surface area (Å²) in [5, 5.41) is 0.185. The maximum absolute atomic E-state index is 12.6. The molecular weight excluding hydrogens is 464 g/mol. The van der Waals surface area contributed by atoms with E-state index >= 15 is 0 Å². The highest BCUT2D eigenvalue weighted by atomic mass is 28.4. The Balaban J connectivity index is 1.59. The maximum atomic E-state index is 12.6. The predicted molar refractivity (Wildman–Crippen MR) is 139 cm³/mol. The van der Waals surface area contributed by atoms with E-state index < -0.39 is 28.6 Å². The topological polar surface area (TPSA) is 82.6 Å². The second kappa shape index (κ2) is 9.80. The van der Waals surface area contributed by atoms with Crippen LogP contribution in [-0.4, -0.2) is 45.0 Å². The Bertz CT molecular complexity index is 971. The quantitative estimate of drug-likeness (QED) is 0.510. The Morgan fingerprint density at radius 3 is 2.32 bits per heavy atom. The van der Waals surface area contributed by atoms with Gasteiger partial charge in [-0.05, 0) is 41.7 Å². The molecule has 0 spiro atoms. The number of hydrogen-bond donors (Lipinski definition) is 1. The van der Waals surface area contributed by atoms with Crippen LogP contribution in [0, 0.1) is 6.92 Å². The van der Waals surface area contributed by atoms with Crippen molar-refractivity contribution in [3.63, 3.8) is 0 Å². The minimum absolute atomic E-state index is 0.0799. The zero-order chi connectivity index (χ0) is 24.7. The lowest BCUT2D eigenvalue weighted by molar-refractivity contribution is -0.0414. The molecule has 3 aliphatic heterocycles. The van der Waals surface area contributed by atoms with Crippen LogP contribution in [0.1, 0.15) is 78.5 Å². The van der Waals surface area contributed by atoms with Crippen molar-refractivity contribution < 1.29 is 13.6 Å². The average Bonchev–Trinajstić information content (AvgIpc) is 3.50. The van der Waals surface area contributed by atoms with Crippen molar-refractivity contribution in [2.75, 3.05) is 6.61 Å². The molecule has 1 unspecified atom stereocenters. The maximum Gasteiger partial charge on any atom is 0.330 e. The number of rotatable bonds is 7. The van der Waals surface area contributed by atoms with Gasteiger partial charge in [0.15, 0.2) is 16.6 Å². The molecule has 4 heterocycles. The van der Waals surface area contributed by atoms with E-state index in [0.717, 1.165) is 0 Å². The molecule has 3 fully saturated rings. The van der Waals surface area contributed by atoms with Gasteiger partial charge in [-0.15, -0.1) is 0 Å². The van der Waals surface area contributed by atoms with Gasteiger partial charge in [0, 0.05) is 18.2 Å². The first-order chi connectivity index (χ1) is 16.0. The molecule has 9 heteroatoms. The molecule has 0 amide bonds. The molecule has 0 saturated carbocycles. The summed E-state index contributed by atoms with van der Waals surface area (Å²) in [7, 11) is -3.75. The molecule has 34 heavy (non-hydrogen) atoms. The Morgan fingerprint density at radius 2 is 1.74 bits per heavy atom. The molecule has 0 radical (unpaired) electrons. The smallest absolute Gasteiger partial charge is 0.330 e. The zero-order valence-electron chi connectivity index (χ0n) is 21.9. The highest BCUT2D eigenvalue weighted by molar-refractivity contribution is 6.77. The van der Waals surface area contributed by atoms with Gasteiger partial charge in [-0.2, -0.15) is 0 Å². The van der Waals surface area contributed by atoms with Crippen LogP contribution >= 0.6 is 0 Å². The van der Waals surface area contributed by atoms with Crippen LogP contribution in [0.2, 0.25) is 34.8 Å². The lowest BCUT2D eigenvalue weighted by atomic mass is 10.2. The van der Waals surface area contributed by atoms with E-state index in [1.165, 1.54) is 54.4 Å². The standard InChI is InChI=1S/C25H44N2O5Si2/c1-18(2)33(11-7-8-12-33)32-20-15-22(27-16-19(3)23(28)26-24(27)29)31-21(20)17-30-34(25(4,5)6)13-9-10-14-34/h16,18,20-22H,7-15,17H2,1-6H3,(H,26,28,29)/t20?,21-,22-/m0/s1. The monoisotopic (exact) mass is 508 g/mol. The summed E-state index contributed by atoms with van der Waals surface area (Å²) in [5.74, 6) is 0. The summed E-state index contributed by atoms with van der Waals surface area (Å²) in [6.45, 7) is 13.9. The first kappa shape index (κ1) is 26.1. The lowest BCUT2D eigenvalue weighted by Crippen LogP contribution is -2.49. The van der Waals surface area contributed by atoms with E-state index in [0.29, 0.717) is 24.1 Å². The van der Waals surface area contributed by atoms with Crippen molar-refractivity contribution in [1.29, 1.82) is 0 Å². The van der Waals surface area contributed by atoms with E-state index in [9.17, 15) is 9.59 Å². The fourth-order valence-corrected chi connectivity index (χ4v) is 15.4. The Hall–Kier alpha value is -1.01. The molecule has 192 valence electrons. The highest BCUT2D eigenvalue weighted by Crippen LogP contribution is 2.49. The molecule has 1 N–H and O–H groups in total. The molecule has 3 saturated heterocycles. The van der Waals surface area contributed by atoms with E-state index in [1.54, 1.807) is 13.1 Å². The van der Waals surface area contributed by atoms with Gasteiger partial charge in [0.1, 0.15) is 12.3 Å². The molecule has 4 rings (SSSR count). The molecule has 3 aliphatic rings. The van der Waals surface area contributed by atoms with E-state index in [-0.39, 0.29) is 22.8 Å². The number of aromatic amines is 1. The SMILES string of the molecule is Cc1cn([C@@H]2CC(O[Si]3(C(C)C)CCCC3)[C@H](CO[Si]3(C(C)(C)C)CCCC3)O2)c(=O)[nH]c1=O. The summed E-state index contributed by atoms with van der Waals surface area (Å²) < 4.78 is 22.0. The first-order valence-corrected chi connectivity index (χ1v) is 18.0. The number of nitrogens with zero attached hydrogens (tertiary/aromatic N) is 1. The summed E-state index contributed by atoms with van der Waals surface area (Å²) >= 11 is 0. The number of nitrogens with one attached hydrogen (secondary N) is 1. The number of ether oxygens (including phenoxy) is 1. The van der Waals surface area contributed by atoms with E-state index in [1.807, 2.05) is 0 Å². The Kier molecular flexibility index (Phi) is 7.52. The summed E-state index contributed by atoms with van der Waals surface area (Å²) in [4.78, 5) is 27.0. The van der Waals surface area contributed by atoms with Crippen LogP contribution in [0.25, 0.3) is 0 Å². The van der Waals surface area contributed by atoms with Crippen LogP contribution in [0.4, 0.5) is 0 Å². The lowest BCUT2D eigenvalue weighted by Gasteiger charge is -2.41. The Labute approximate surface area is 205 Å². The van der Waals surface area contributed by atoms with Crippen LogP contribution in [0.3, 0.4) is 0 Å². The van der Waals surface area contributed by atoms with Gasteiger partial charge in [0.25, 0.3) is 5.56 Å². The predicted octanol–water partition coefficient (Wildman–Crippen LogP) is 5.22. The summed E-state index contributed by atoms with van der Waals surface area (Å²) in [6.07, 6.45) is 6.54. The van der Waals surface area contributed by atoms with Gasteiger partial charge in [0.2, 0.25) is 0 Å². The number of H-pyrrole nitrogens is 1. The fourth-order valence-electron chi connectivity index (χ4n) is 6.35. The molecule has 0 bridgehead atoms. The molecule has 7 nitrogen and oxygen atoms in total. The minimum Gasteiger partial charge on any atom is -0.414 e. The van der Waals surface area contributed by atoms with Crippen molar-refractivity contribution in [2.45, 2.75) is 127 Å². The van der Waals surface area contributed by atoms with Gasteiger partial charge < -0.3 is 13.6 Å². The molecule has 1 aromatic heterocycles.